The monoisotopic (exact) mass is 561 g/mol. The first-order valence-electron chi connectivity index (χ1n) is 12.8. The molecule has 1 aromatic carbocycles. The van der Waals surface area contributed by atoms with Crippen molar-refractivity contribution in [3.8, 4) is 11.1 Å². The summed E-state index contributed by atoms with van der Waals surface area (Å²) in [5, 5.41) is 19.1. The van der Waals surface area contributed by atoms with Crippen LogP contribution in [0.25, 0.3) is 22.0 Å². The van der Waals surface area contributed by atoms with Crippen molar-refractivity contribution in [1.82, 2.24) is 34.7 Å². The first-order chi connectivity index (χ1) is 19.8. The minimum absolute atomic E-state index is 0.0301. The standard InChI is InChI=1S/C26H24FN9O5/c27-16-10-20(25(39)31-21-4-7-35(32-21)19-5-8-41-26(19)40)34(12-16)22(37)13-36-18-2-1-14(15-3-6-29-30-11-15)9-17(18)23(33-36)24(28)38/h1-4,6-7,9,11,16,19-20H,5,8,10,12-13H2,(H2,28,38)(H,31,32,39)/t16?,19-,20?/m1/s1. The number of aromatic nitrogens is 6. The van der Waals surface area contributed by atoms with Gasteiger partial charge in [0, 0.05) is 36.1 Å². The summed E-state index contributed by atoms with van der Waals surface area (Å²) in [6, 6.07) is 6.78. The highest BCUT2D eigenvalue weighted by Gasteiger charge is 2.40. The fourth-order valence-electron chi connectivity index (χ4n) is 5.16. The largest absolute Gasteiger partial charge is 0.464 e. The molecule has 2 aliphatic heterocycles. The van der Waals surface area contributed by atoms with Crippen LogP contribution in [0.2, 0.25) is 0 Å². The number of primary amides is 1. The van der Waals surface area contributed by atoms with Crippen molar-refractivity contribution in [3.05, 3.63) is 54.6 Å². The van der Waals surface area contributed by atoms with E-state index in [9.17, 15) is 23.6 Å². The molecule has 14 nitrogen and oxygen atoms in total. The lowest BCUT2D eigenvalue weighted by molar-refractivity contribution is -0.140. The molecule has 3 amide bonds. The molecule has 15 heteroatoms. The number of nitrogens with one attached hydrogen (secondary N) is 1. The number of fused-ring (bicyclic) bond motifs is 1. The average Bonchev–Trinajstić information content (AvgIpc) is 3.75. The SMILES string of the molecule is NC(=O)c1nn(CC(=O)N2CC(F)CC2C(=O)Nc2ccn([C@@H]3CCOC3=O)n2)c2ccc(-c3ccnnc3)cc12. The highest BCUT2D eigenvalue weighted by Crippen LogP contribution is 2.28. The van der Waals surface area contributed by atoms with Gasteiger partial charge in [-0.2, -0.15) is 20.4 Å². The lowest BCUT2D eigenvalue weighted by Crippen LogP contribution is -2.44. The molecule has 2 fully saturated rings. The van der Waals surface area contributed by atoms with Gasteiger partial charge in [-0.25, -0.2) is 9.18 Å². The number of cyclic esters (lactones) is 1. The number of hydrogen-bond donors (Lipinski definition) is 2. The lowest BCUT2D eigenvalue weighted by atomic mass is 10.0. The molecule has 210 valence electrons. The van der Waals surface area contributed by atoms with Gasteiger partial charge >= 0.3 is 5.97 Å². The number of hydrogen-bond acceptors (Lipinski definition) is 9. The van der Waals surface area contributed by atoms with Crippen molar-refractivity contribution in [2.45, 2.75) is 37.6 Å². The number of nitrogens with two attached hydrogens (primary N) is 1. The Hall–Kier alpha value is -5.21. The number of anilines is 1. The molecule has 0 saturated carbocycles. The fraction of sp³-hybridized carbons (Fsp3) is 0.308. The number of esters is 1. The third kappa shape index (κ3) is 4.97. The Kier molecular flexibility index (Phi) is 6.61. The van der Waals surface area contributed by atoms with Gasteiger partial charge in [0.15, 0.2) is 17.6 Å². The van der Waals surface area contributed by atoms with Crippen LogP contribution in [0.3, 0.4) is 0 Å². The van der Waals surface area contributed by atoms with Crippen LogP contribution < -0.4 is 11.1 Å². The molecule has 3 aromatic heterocycles. The Morgan fingerprint density at radius 1 is 1.12 bits per heavy atom. The number of carbonyl (C=O) groups is 4. The van der Waals surface area contributed by atoms with Crippen molar-refractivity contribution in [3.63, 3.8) is 0 Å². The molecule has 0 aliphatic carbocycles. The van der Waals surface area contributed by atoms with Gasteiger partial charge in [-0.15, -0.1) is 0 Å². The van der Waals surface area contributed by atoms with Crippen LogP contribution in [0.4, 0.5) is 10.2 Å². The third-order valence-electron chi connectivity index (χ3n) is 7.15. The Morgan fingerprint density at radius 2 is 1.98 bits per heavy atom. The molecule has 0 bridgehead atoms. The summed E-state index contributed by atoms with van der Waals surface area (Å²) < 4.78 is 22.2. The van der Waals surface area contributed by atoms with E-state index < -0.39 is 41.9 Å². The summed E-state index contributed by atoms with van der Waals surface area (Å²) >= 11 is 0. The third-order valence-corrected chi connectivity index (χ3v) is 7.15. The number of benzene rings is 1. The minimum atomic E-state index is -1.41. The van der Waals surface area contributed by atoms with E-state index >= 15 is 0 Å². The number of halogens is 1. The maximum atomic E-state index is 14.5. The van der Waals surface area contributed by atoms with Crippen molar-refractivity contribution in [2.75, 3.05) is 18.5 Å². The molecule has 2 saturated heterocycles. The molecule has 2 unspecified atom stereocenters. The van der Waals surface area contributed by atoms with Crippen molar-refractivity contribution < 1.29 is 28.3 Å². The maximum absolute atomic E-state index is 14.5. The van der Waals surface area contributed by atoms with Crippen molar-refractivity contribution >= 4 is 40.4 Å². The van der Waals surface area contributed by atoms with Gasteiger partial charge in [0.25, 0.3) is 5.91 Å². The van der Waals surface area contributed by atoms with Gasteiger partial charge in [-0.05, 0) is 23.8 Å². The predicted octanol–water partition coefficient (Wildman–Crippen LogP) is 0.854. The first-order valence-corrected chi connectivity index (χ1v) is 12.8. The number of nitrogens with zero attached hydrogens (tertiary/aromatic N) is 7. The van der Waals surface area contributed by atoms with Crippen LogP contribution in [0.15, 0.2) is 48.9 Å². The zero-order valence-electron chi connectivity index (χ0n) is 21.5. The highest BCUT2D eigenvalue weighted by atomic mass is 19.1. The van der Waals surface area contributed by atoms with Gasteiger partial charge in [-0.3, -0.25) is 23.7 Å². The average molecular weight is 562 g/mol. The van der Waals surface area contributed by atoms with Gasteiger partial charge in [0.2, 0.25) is 11.8 Å². The van der Waals surface area contributed by atoms with E-state index in [1.165, 1.54) is 27.8 Å². The number of carbonyl (C=O) groups excluding carboxylic acids is 4. The van der Waals surface area contributed by atoms with E-state index in [-0.39, 0.29) is 37.6 Å². The second kappa shape index (κ2) is 10.4. The number of amides is 3. The van der Waals surface area contributed by atoms with Gasteiger partial charge in [0.1, 0.15) is 18.8 Å². The molecular formula is C26H24FN9O5. The zero-order chi connectivity index (χ0) is 28.7. The zero-order valence-corrected chi connectivity index (χ0v) is 21.5. The molecule has 0 radical (unpaired) electrons. The van der Waals surface area contributed by atoms with Crippen LogP contribution in [0, 0.1) is 0 Å². The van der Waals surface area contributed by atoms with Crippen LogP contribution in [-0.2, 0) is 25.7 Å². The van der Waals surface area contributed by atoms with Crippen LogP contribution in [0.5, 0.6) is 0 Å². The second-order valence-electron chi connectivity index (χ2n) is 9.77. The van der Waals surface area contributed by atoms with E-state index in [0.717, 1.165) is 16.0 Å². The van der Waals surface area contributed by atoms with Gasteiger partial charge < -0.3 is 20.7 Å². The first kappa shape index (κ1) is 26.0. The fourth-order valence-corrected chi connectivity index (χ4v) is 5.16. The summed E-state index contributed by atoms with van der Waals surface area (Å²) in [7, 11) is 0. The number of ether oxygens (including phenoxy) is 1. The van der Waals surface area contributed by atoms with E-state index in [1.807, 2.05) is 0 Å². The predicted molar refractivity (Wildman–Crippen MR) is 140 cm³/mol. The quantitative estimate of drug-likeness (QED) is 0.309. The Balaban J connectivity index is 1.21. The summed E-state index contributed by atoms with van der Waals surface area (Å²) in [5.41, 5.74) is 7.50. The molecule has 2 aliphatic rings. The lowest BCUT2D eigenvalue weighted by Gasteiger charge is -2.23. The van der Waals surface area contributed by atoms with Gasteiger partial charge in [-0.1, -0.05) is 6.07 Å². The Bertz CT molecular complexity index is 1670. The van der Waals surface area contributed by atoms with Crippen molar-refractivity contribution in [2.24, 2.45) is 5.73 Å². The molecule has 0 spiro atoms. The van der Waals surface area contributed by atoms with E-state index in [1.54, 1.807) is 30.5 Å². The Morgan fingerprint density at radius 3 is 2.71 bits per heavy atom. The molecule has 4 aromatic rings. The van der Waals surface area contributed by atoms with E-state index in [0.29, 0.717) is 17.3 Å². The smallest absolute Gasteiger partial charge is 0.331 e. The highest BCUT2D eigenvalue weighted by molar-refractivity contribution is 6.05. The number of alkyl halides is 1. The molecule has 6 rings (SSSR count). The molecular weight excluding hydrogens is 537 g/mol. The maximum Gasteiger partial charge on any atom is 0.331 e. The summed E-state index contributed by atoms with van der Waals surface area (Å²) in [5.74, 6) is -2.20. The number of likely N-dealkylation sites (tertiary alicyclic amines) is 1. The molecule has 3 N–H and O–H groups in total. The van der Waals surface area contributed by atoms with E-state index in [2.05, 4.69) is 25.7 Å². The van der Waals surface area contributed by atoms with Crippen LogP contribution in [0.1, 0.15) is 29.4 Å². The molecule has 41 heavy (non-hydrogen) atoms. The van der Waals surface area contributed by atoms with Crippen LogP contribution in [-0.4, -0.2) is 83.7 Å². The summed E-state index contributed by atoms with van der Waals surface area (Å²) in [4.78, 5) is 51.6. The normalized spacial score (nSPS) is 20.4. The van der Waals surface area contributed by atoms with Gasteiger partial charge in [0.05, 0.1) is 31.1 Å². The minimum Gasteiger partial charge on any atom is -0.464 e. The van der Waals surface area contributed by atoms with Crippen LogP contribution >= 0.6 is 0 Å². The topological polar surface area (TPSA) is 180 Å². The summed E-state index contributed by atoms with van der Waals surface area (Å²) in [6.45, 7) is -0.340. The second-order valence-corrected chi connectivity index (χ2v) is 9.77. The van der Waals surface area contributed by atoms with E-state index in [4.69, 9.17) is 10.5 Å². The molecule has 3 atom stereocenters. The Labute approximate surface area is 231 Å². The number of rotatable bonds is 7. The summed E-state index contributed by atoms with van der Waals surface area (Å²) in [6.07, 6.45) is 3.50. The van der Waals surface area contributed by atoms with Crippen molar-refractivity contribution in [1.29, 1.82) is 0 Å². The molecule has 5 heterocycles.